The highest BCUT2D eigenvalue weighted by atomic mass is 35.5. The quantitative estimate of drug-likeness (QED) is 0.881. The first kappa shape index (κ1) is 13.2. The van der Waals surface area contributed by atoms with Gasteiger partial charge in [0.15, 0.2) is 0 Å². The molecule has 0 bridgehead atoms. The Balaban J connectivity index is 2.11. The molecule has 0 aromatic heterocycles. The molecule has 18 heavy (non-hydrogen) atoms. The summed E-state index contributed by atoms with van der Waals surface area (Å²) in [5.74, 6) is 0.697. The van der Waals surface area contributed by atoms with E-state index in [1.807, 2.05) is 6.92 Å². The van der Waals surface area contributed by atoms with Gasteiger partial charge in [-0.2, -0.15) is 0 Å². The zero-order chi connectivity index (χ0) is 13.0. The van der Waals surface area contributed by atoms with Crippen molar-refractivity contribution in [3.63, 3.8) is 0 Å². The average molecular weight is 269 g/mol. The Morgan fingerprint density at radius 2 is 2.44 bits per heavy atom. The van der Waals surface area contributed by atoms with Gasteiger partial charge in [-0.05, 0) is 38.1 Å². The number of nitrogens with one attached hydrogen (secondary N) is 2. The number of amides is 1. The highest BCUT2D eigenvalue weighted by Gasteiger charge is 2.23. The van der Waals surface area contributed by atoms with Crippen LogP contribution in [0.4, 0.5) is 5.69 Å². The number of hydrogen-bond donors (Lipinski definition) is 2. The van der Waals surface area contributed by atoms with Crippen molar-refractivity contribution in [3.05, 3.63) is 23.2 Å². The topological polar surface area (TPSA) is 50.4 Å². The van der Waals surface area contributed by atoms with Crippen LogP contribution < -0.4 is 15.4 Å². The van der Waals surface area contributed by atoms with Gasteiger partial charge in [0.25, 0.3) is 0 Å². The van der Waals surface area contributed by atoms with Gasteiger partial charge in [-0.1, -0.05) is 11.6 Å². The smallest absolute Gasteiger partial charge is 0.228 e. The molecule has 1 unspecified atom stereocenters. The summed E-state index contributed by atoms with van der Waals surface area (Å²) in [4.78, 5) is 12.0. The average Bonchev–Trinajstić information content (AvgIpc) is 2.86. The standard InChI is InChI=1S/C13H17ClN2O2/c1-2-18-12-4-3-10(14)7-11(12)16-13(17)9-5-6-15-8-9/h3-4,7,9,15H,2,5-6,8H2,1H3,(H,16,17). The van der Waals surface area contributed by atoms with Crippen molar-refractivity contribution in [2.45, 2.75) is 13.3 Å². The van der Waals surface area contributed by atoms with Crippen LogP contribution in [0.25, 0.3) is 0 Å². The van der Waals surface area contributed by atoms with Crippen molar-refractivity contribution in [3.8, 4) is 5.75 Å². The van der Waals surface area contributed by atoms with E-state index in [1.165, 1.54) is 0 Å². The molecule has 0 aliphatic carbocycles. The van der Waals surface area contributed by atoms with Gasteiger partial charge in [-0.25, -0.2) is 0 Å². The van der Waals surface area contributed by atoms with Crippen LogP contribution in [0.2, 0.25) is 5.02 Å². The van der Waals surface area contributed by atoms with E-state index in [9.17, 15) is 4.79 Å². The molecule has 1 saturated heterocycles. The second-order valence-corrected chi connectivity index (χ2v) is 4.69. The molecule has 1 aliphatic heterocycles. The SMILES string of the molecule is CCOc1ccc(Cl)cc1NC(=O)C1CCNC1. The first-order valence-corrected chi connectivity index (χ1v) is 6.52. The third kappa shape index (κ3) is 3.15. The third-order valence-electron chi connectivity index (χ3n) is 2.93. The Kier molecular flexibility index (Phi) is 4.44. The molecule has 1 aromatic rings. The van der Waals surface area contributed by atoms with Crippen LogP contribution in [0.15, 0.2) is 18.2 Å². The number of benzene rings is 1. The van der Waals surface area contributed by atoms with E-state index in [0.29, 0.717) is 23.1 Å². The van der Waals surface area contributed by atoms with Gasteiger partial charge in [0.2, 0.25) is 5.91 Å². The molecule has 1 amide bonds. The fraction of sp³-hybridized carbons (Fsp3) is 0.462. The molecule has 1 fully saturated rings. The molecule has 1 aromatic carbocycles. The van der Waals surface area contributed by atoms with Crippen molar-refractivity contribution in [1.82, 2.24) is 5.32 Å². The Bertz CT molecular complexity index is 431. The molecule has 2 rings (SSSR count). The molecule has 4 nitrogen and oxygen atoms in total. The largest absolute Gasteiger partial charge is 0.492 e. The van der Waals surface area contributed by atoms with E-state index in [4.69, 9.17) is 16.3 Å². The first-order chi connectivity index (χ1) is 8.70. The Hall–Kier alpha value is -1.26. The van der Waals surface area contributed by atoms with E-state index in [-0.39, 0.29) is 11.8 Å². The summed E-state index contributed by atoms with van der Waals surface area (Å²) >= 11 is 5.94. The summed E-state index contributed by atoms with van der Waals surface area (Å²) in [6.07, 6.45) is 0.871. The number of ether oxygens (including phenoxy) is 1. The maximum Gasteiger partial charge on any atom is 0.228 e. The van der Waals surface area contributed by atoms with Gasteiger partial charge < -0.3 is 15.4 Å². The molecule has 0 saturated carbocycles. The second-order valence-electron chi connectivity index (χ2n) is 4.25. The van der Waals surface area contributed by atoms with Gasteiger partial charge in [-0.3, -0.25) is 4.79 Å². The molecule has 0 radical (unpaired) electrons. The molecule has 98 valence electrons. The molecule has 2 N–H and O–H groups in total. The Labute approximate surface area is 112 Å². The fourth-order valence-corrected chi connectivity index (χ4v) is 2.17. The van der Waals surface area contributed by atoms with Crippen LogP contribution in [-0.2, 0) is 4.79 Å². The molecule has 1 aliphatic rings. The Morgan fingerprint density at radius 1 is 1.61 bits per heavy atom. The van der Waals surface area contributed by atoms with Crippen LogP contribution in [0, 0.1) is 5.92 Å². The van der Waals surface area contributed by atoms with Gasteiger partial charge in [0.05, 0.1) is 18.2 Å². The van der Waals surface area contributed by atoms with Gasteiger partial charge in [0, 0.05) is 11.6 Å². The van der Waals surface area contributed by atoms with Crippen LogP contribution in [-0.4, -0.2) is 25.6 Å². The number of anilines is 1. The van der Waals surface area contributed by atoms with E-state index in [2.05, 4.69) is 10.6 Å². The zero-order valence-electron chi connectivity index (χ0n) is 10.3. The van der Waals surface area contributed by atoms with E-state index in [1.54, 1.807) is 18.2 Å². The second kappa shape index (κ2) is 6.07. The van der Waals surface area contributed by atoms with Crippen LogP contribution in [0.5, 0.6) is 5.75 Å². The molecule has 1 heterocycles. The first-order valence-electron chi connectivity index (χ1n) is 6.14. The van der Waals surface area contributed by atoms with Crippen LogP contribution in [0.3, 0.4) is 0 Å². The minimum Gasteiger partial charge on any atom is -0.492 e. The predicted octanol–water partition coefficient (Wildman–Crippen LogP) is 2.29. The third-order valence-corrected chi connectivity index (χ3v) is 3.17. The molecular formula is C13H17ClN2O2. The fourth-order valence-electron chi connectivity index (χ4n) is 1.99. The Morgan fingerprint density at radius 3 is 3.11 bits per heavy atom. The molecular weight excluding hydrogens is 252 g/mol. The van der Waals surface area contributed by atoms with Gasteiger partial charge >= 0.3 is 0 Å². The van der Waals surface area contributed by atoms with Crippen LogP contribution in [0.1, 0.15) is 13.3 Å². The molecule has 5 heteroatoms. The van der Waals surface area contributed by atoms with Crippen molar-refractivity contribution in [1.29, 1.82) is 0 Å². The van der Waals surface area contributed by atoms with Crippen molar-refractivity contribution in [2.24, 2.45) is 5.92 Å². The van der Waals surface area contributed by atoms with Crippen LogP contribution >= 0.6 is 11.6 Å². The highest BCUT2D eigenvalue weighted by Crippen LogP contribution is 2.28. The van der Waals surface area contributed by atoms with E-state index in [0.717, 1.165) is 19.5 Å². The maximum atomic E-state index is 12.0. The molecule has 1 atom stereocenters. The number of rotatable bonds is 4. The van der Waals surface area contributed by atoms with Crippen molar-refractivity contribution < 1.29 is 9.53 Å². The normalized spacial score (nSPS) is 18.7. The lowest BCUT2D eigenvalue weighted by Gasteiger charge is -2.14. The lowest BCUT2D eigenvalue weighted by atomic mass is 10.1. The molecule has 0 spiro atoms. The summed E-state index contributed by atoms with van der Waals surface area (Å²) in [7, 11) is 0. The highest BCUT2D eigenvalue weighted by molar-refractivity contribution is 6.31. The lowest BCUT2D eigenvalue weighted by Crippen LogP contribution is -2.24. The van der Waals surface area contributed by atoms with Crippen molar-refractivity contribution >= 4 is 23.2 Å². The van der Waals surface area contributed by atoms with Crippen molar-refractivity contribution in [2.75, 3.05) is 25.0 Å². The predicted molar refractivity (Wildman–Crippen MR) is 72.2 cm³/mol. The lowest BCUT2D eigenvalue weighted by molar-refractivity contribution is -0.119. The summed E-state index contributed by atoms with van der Waals surface area (Å²) in [5, 5.41) is 6.64. The van der Waals surface area contributed by atoms with Gasteiger partial charge in [-0.15, -0.1) is 0 Å². The van der Waals surface area contributed by atoms with Gasteiger partial charge in [0.1, 0.15) is 5.75 Å². The zero-order valence-corrected chi connectivity index (χ0v) is 11.1. The number of hydrogen-bond acceptors (Lipinski definition) is 3. The minimum atomic E-state index is 0.0169. The van der Waals surface area contributed by atoms with E-state index < -0.39 is 0 Å². The number of halogens is 1. The summed E-state index contributed by atoms with van der Waals surface area (Å²) in [6.45, 7) is 4.08. The minimum absolute atomic E-state index is 0.0169. The maximum absolute atomic E-state index is 12.0. The monoisotopic (exact) mass is 268 g/mol. The summed E-state index contributed by atoms with van der Waals surface area (Å²) in [5.41, 5.74) is 0.640. The number of carbonyl (C=O) groups is 1. The number of carbonyl (C=O) groups excluding carboxylic acids is 1. The summed E-state index contributed by atoms with van der Waals surface area (Å²) < 4.78 is 5.47. The summed E-state index contributed by atoms with van der Waals surface area (Å²) in [6, 6.07) is 5.24. The van der Waals surface area contributed by atoms with E-state index >= 15 is 0 Å².